The summed E-state index contributed by atoms with van der Waals surface area (Å²) in [7, 11) is 1.45. The second-order valence-electron chi connectivity index (χ2n) is 7.13. The molecule has 2 aliphatic carbocycles. The van der Waals surface area contributed by atoms with E-state index >= 15 is 0 Å². The average molecular weight is 381 g/mol. The molecule has 1 fully saturated rings. The van der Waals surface area contributed by atoms with Gasteiger partial charge in [-0.2, -0.15) is 0 Å². The van der Waals surface area contributed by atoms with E-state index in [2.05, 4.69) is 17.6 Å². The van der Waals surface area contributed by atoms with E-state index in [0.29, 0.717) is 16.7 Å². The van der Waals surface area contributed by atoms with E-state index < -0.39 is 0 Å². The summed E-state index contributed by atoms with van der Waals surface area (Å²) in [4.78, 5) is 13.6. The number of anilines is 1. The fraction of sp³-hybridized carbons (Fsp3) is 0.684. The Hall–Kier alpha value is -1.14. The first-order chi connectivity index (χ1) is 12.1. The first kappa shape index (κ1) is 18.6. The Kier molecular flexibility index (Phi) is 6.34. The van der Waals surface area contributed by atoms with Crippen LogP contribution in [0.3, 0.4) is 0 Å². The lowest BCUT2D eigenvalue weighted by atomic mass is 9.85. The molecule has 0 aromatic carbocycles. The van der Waals surface area contributed by atoms with Gasteiger partial charge in [0.25, 0.3) is 0 Å². The largest absolute Gasteiger partial charge is 0.465 e. The van der Waals surface area contributed by atoms with Gasteiger partial charge in [-0.25, -0.2) is 4.79 Å². The maximum Gasteiger partial charge on any atom is 0.341 e. The number of esters is 1. The first-order valence-corrected chi connectivity index (χ1v) is 10.6. The van der Waals surface area contributed by atoms with Crippen molar-refractivity contribution in [3.8, 4) is 0 Å². The molecule has 0 saturated heterocycles. The van der Waals surface area contributed by atoms with Gasteiger partial charge in [0.2, 0.25) is 0 Å². The third kappa shape index (κ3) is 4.34. The molecule has 0 bridgehead atoms. The van der Waals surface area contributed by atoms with E-state index in [1.165, 1.54) is 50.5 Å². The van der Waals surface area contributed by atoms with Crippen LogP contribution in [0.4, 0.5) is 5.00 Å². The highest BCUT2D eigenvalue weighted by Crippen LogP contribution is 2.38. The summed E-state index contributed by atoms with van der Waals surface area (Å²) in [5.41, 5.74) is 1.86. The smallest absolute Gasteiger partial charge is 0.341 e. The maximum absolute atomic E-state index is 12.3. The molecule has 1 heterocycles. The zero-order valence-electron chi connectivity index (χ0n) is 15.2. The summed E-state index contributed by atoms with van der Waals surface area (Å²) < 4.78 is 5.02. The summed E-state index contributed by atoms with van der Waals surface area (Å²) in [6.45, 7) is 2.28. The average Bonchev–Trinajstić information content (AvgIpc) is 2.99. The Morgan fingerprint density at radius 3 is 2.64 bits per heavy atom. The van der Waals surface area contributed by atoms with E-state index in [1.54, 1.807) is 11.3 Å². The lowest BCUT2D eigenvalue weighted by Crippen LogP contribution is -2.40. The summed E-state index contributed by atoms with van der Waals surface area (Å²) in [6, 6.07) is 0.443. The standard InChI is InChI=1S/C19H28N2O2S2/c1-3-12-8-10-13(11-9-12)20-19(24)21-17-16(18(22)23-2)14-6-4-5-7-15(14)25-17/h12-13H,3-11H2,1-2H3,(H2,20,21,24). The topological polar surface area (TPSA) is 50.4 Å². The Morgan fingerprint density at radius 1 is 1.24 bits per heavy atom. The normalized spacial score (nSPS) is 22.8. The third-order valence-electron chi connectivity index (χ3n) is 5.55. The summed E-state index contributed by atoms with van der Waals surface area (Å²) in [5.74, 6) is 0.614. The number of hydrogen-bond acceptors (Lipinski definition) is 4. The molecule has 0 radical (unpaired) electrons. The Bertz CT molecular complexity index is 634. The van der Waals surface area contributed by atoms with Crippen LogP contribution in [-0.2, 0) is 17.6 Å². The molecule has 6 heteroatoms. The fourth-order valence-electron chi connectivity index (χ4n) is 4.01. The predicted octanol–water partition coefficient (Wildman–Crippen LogP) is 4.67. The van der Waals surface area contributed by atoms with Crippen LogP contribution in [0, 0.1) is 5.92 Å². The van der Waals surface area contributed by atoms with Crippen molar-refractivity contribution in [1.29, 1.82) is 0 Å². The first-order valence-electron chi connectivity index (χ1n) is 9.42. The van der Waals surface area contributed by atoms with Crippen molar-refractivity contribution in [3.63, 3.8) is 0 Å². The molecule has 1 aromatic heterocycles. The minimum atomic E-state index is -0.256. The van der Waals surface area contributed by atoms with Gasteiger partial charge in [-0.15, -0.1) is 11.3 Å². The van der Waals surface area contributed by atoms with Crippen LogP contribution in [-0.4, -0.2) is 24.2 Å². The Morgan fingerprint density at radius 2 is 1.96 bits per heavy atom. The zero-order chi connectivity index (χ0) is 17.8. The van der Waals surface area contributed by atoms with Crippen molar-refractivity contribution in [2.24, 2.45) is 5.92 Å². The predicted molar refractivity (Wildman–Crippen MR) is 108 cm³/mol. The molecule has 0 atom stereocenters. The van der Waals surface area contributed by atoms with Gasteiger partial charge in [0.1, 0.15) is 5.00 Å². The zero-order valence-corrected chi connectivity index (χ0v) is 16.8. The highest BCUT2D eigenvalue weighted by molar-refractivity contribution is 7.80. The van der Waals surface area contributed by atoms with Gasteiger partial charge in [-0.1, -0.05) is 13.3 Å². The molecule has 1 aromatic rings. The molecule has 3 rings (SSSR count). The monoisotopic (exact) mass is 380 g/mol. The van der Waals surface area contributed by atoms with Crippen LogP contribution >= 0.6 is 23.6 Å². The van der Waals surface area contributed by atoms with Crippen LogP contribution in [0.25, 0.3) is 0 Å². The van der Waals surface area contributed by atoms with Crippen molar-refractivity contribution < 1.29 is 9.53 Å². The van der Waals surface area contributed by atoms with Crippen molar-refractivity contribution in [2.45, 2.75) is 70.8 Å². The number of carbonyl (C=O) groups excluding carboxylic acids is 1. The number of nitrogens with one attached hydrogen (secondary N) is 2. The van der Waals surface area contributed by atoms with Gasteiger partial charge in [0, 0.05) is 10.9 Å². The summed E-state index contributed by atoms with van der Waals surface area (Å²) >= 11 is 7.19. The van der Waals surface area contributed by atoms with Crippen LogP contribution in [0.5, 0.6) is 0 Å². The highest BCUT2D eigenvalue weighted by Gasteiger charge is 2.27. The number of thiocarbonyl (C=S) groups is 1. The molecule has 138 valence electrons. The molecule has 4 nitrogen and oxygen atoms in total. The van der Waals surface area contributed by atoms with Crippen LogP contribution < -0.4 is 10.6 Å². The molecule has 0 aliphatic heterocycles. The lowest BCUT2D eigenvalue weighted by molar-refractivity contribution is 0.0601. The van der Waals surface area contributed by atoms with Crippen molar-refractivity contribution in [3.05, 3.63) is 16.0 Å². The van der Waals surface area contributed by atoms with Crippen LogP contribution in [0.1, 0.15) is 72.7 Å². The minimum Gasteiger partial charge on any atom is -0.465 e. The van der Waals surface area contributed by atoms with E-state index in [0.717, 1.165) is 35.7 Å². The number of fused-ring (bicyclic) bond motifs is 1. The minimum absolute atomic E-state index is 0.256. The number of ether oxygens (including phenoxy) is 1. The molecule has 0 amide bonds. The van der Waals surface area contributed by atoms with E-state index in [1.807, 2.05) is 0 Å². The third-order valence-corrected chi connectivity index (χ3v) is 6.97. The Labute approximate surface area is 159 Å². The molecule has 0 unspecified atom stereocenters. The van der Waals surface area contributed by atoms with Crippen molar-refractivity contribution in [2.75, 3.05) is 12.4 Å². The van der Waals surface area contributed by atoms with Crippen molar-refractivity contribution >= 4 is 39.6 Å². The fourth-order valence-corrected chi connectivity index (χ4v) is 5.63. The van der Waals surface area contributed by atoms with Crippen LogP contribution in [0.2, 0.25) is 0 Å². The molecular weight excluding hydrogens is 352 g/mol. The van der Waals surface area contributed by atoms with Gasteiger partial charge in [0.15, 0.2) is 5.11 Å². The lowest BCUT2D eigenvalue weighted by Gasteiger charge is -2.29. The number of aryl methyl sites for hydroxylation is 1. The van der Waals surface area contributed by atoms with Gasteiger partial charge < -0.3 is 15.4 Å². The molecule has 2 aliphatic rings. The van der Waals surface area contributed by atoms with Crippen LogP contribution in [0.15, 0.2) is 0 Å². The van der Waals surface area contributed by atoms with Crippen molar-refractivity contribution in [1.82, 2.24) is 5.32 Å². The van der Waals surface area contributed by atoms with Gasteiger partial charge in [-0.05, 0) is 75.1 Å². The SMILES string of the molecule is CCC1CCC(NC(=S)Nc2sc3c(c2C(=O)OC)CCCC3)CC1. The Balaban J connectivity index is 1.67. The van der Waals surface area contributed by atoms with E-state index in [9.17, 15) is 4.79 Å². The summed E-state index contributed by atoms with van der Waals surface area (Å²) in [6.07, 6.45) is 10.5. The molecule has 2 N–H and O–H groups in total. The highest BCUT2D eigenvalue weighted by atomic mass is 32.1. The second-order valence-corrected chi connectivity index (χ2v) is 8.64. The second kappa shape index (κ2) is 8.49. The number of carbonyl (C=O) groups is 1. The molecule has 1 saturated carbocycles. The number of hydrogen-bond donors (Lipinski definition) is 2. The van der Waals surface area contributed by atoms with Gasteiger partial charge in [0.05, 0.1) is 12.7 Å². The number of rotatable bonds is 4. The summed E-state index contributed by atoms with van der Waals surface area (Å²) in [5, 5.41) is 8.22. The molecule has 25 heavy (non-hydrogen) atoms. The molecule has 0 spiro atoms. The van der Waals surface area contributed by atoms with E-state index in [-0.39, 0.29) is 5.97 Å². The van der Waals surface area contributed by atoms with Gasteiger partial charge in [-0.3, -0.25) is 0 Å². The van der Waals surface area contributed by atoms with Gasteiger partial charge >= 0.3 is 5.97 Å². The molecular formula is C19H28N2O2S2. The number of thiophene rings is 1. The number of methoxy groups -OCH3 is 1. The quantitative estimate of drug-likeness (QED) is 0.587. The maximum atomic E-state index is 12.3. The van der Waals surface area contributed by atoms with E-state index in [4.69, 9.17) is 17.0 Å².